The predicted molar refractivity (Wildman–Crippen MR) is 83.7 cm³/mol. The van der Waals surface area contributed by atoms with Gasteiger partial charge in [-0.25, -0.2) is 0 Å². The summed E-state index contributed by atoms with van der Waals surface area (Å²) in [4.78, 5) is 10.8. The molecule has 0 N–H and O–H groups in total. The van der Waals surface area contributed by atoms with E-state index in [1.807, 2.05) is 30.3 Å². The fraction of sp³-hybridized carbons (Fsp3) is 0. The molecule has 0 unspecified atom stereocenters. The van der Waals surface area contributed by atoms with E-state index in [1.54, 1.807) is 12.1 Å². The van der Waals surface area contributed by atoms with E-state index in [4.69, 9.17) is 4.11 Å². The van der Waals surface area contributed by atoms with E-state index in [0.29, 0.717) is 5.56 Å². The zero-order valence-electron chi connectivity index (χ0n) is 13.2. The highest BCUT2D eigenvalue weighted by molar-refractivity contribution is 9.10. The highest BCUT2D eigenvalue weighted by Gasteiger charge is 2.19. The number of nitro benzene ring substituents is 1. The second-order valence-corrected chi connectivity index (χ2v) is 4.99. The quantitative estimate of drug-likeness (QED) is 0.480. The lowest BCUT2D eigenvalue weighted by Gasteiger charge is -2.09. The first kappa shape index (κ1) is 9.66. The fourth-order valence-corrected chi connectivity index (χ4v) is 2.70. The van der Waals surface area contributed by atoms with Crippen LogP contribution < -0.4 is 0 Å². The van der Waals surface area contributed by atoms with E-state index in [2.05, 4.69) is 15.9 Å². The number of nitrogens with zero attached hydrogens (tertiary/aromatic N) is 1. The van der Waals surface area contributed by atoms with Crippen LogP contribution in [0.15, 0.2) is 65.1 Å². The molecule has 0 spiro atoms. The van der Waals surface area contributed by atoms with Crippen molar-refractivity contribution in [2.75, 3.05) is 0 Å². The van der Waals surface area contributed by atoms with E-state index in [-0.39, 0.29) is 16.1 Å². The molecule has 0 amide bonds. The second-order valence-electron chi connectivity index (χ2n) is 4.20. The van der Waals surface area contributed by atoms with Crippen molar-refractivity contribution in [1.29, 1.82) is 0 Å². The molecular formula is C16H10BrNO2. The number of fused-ring (bicyclic) bond motifs is 1. The van der Waals surface area contributed by atoms with Gasteiger partial charge in [0, 0.05) is 10.5 Å². The second kappa shape index (κ2) is 5.06. The third-order valence-corrected chi connectivity index (χ3v) is 3.65. The Hall–Kier alpha value is -2.20. The summed E-state index contributed by atoms with van der Waals surface area (Å²) in [7, 11) is 0. The smallest absolute Gasteiger partial charge is 0.258 e. The Kier molecular flexibility index (Phi) is 2.44. The summed E-state index contributed by atoms with van der Waals surface area (Å²) in [5, 5.41) is 13.2. The van der Waals surface area contributed by atoms with E-state index in [1.165, 1.54) is 0 Å². The van der Waals surface area contributed by atoms with Gasteiger partial charge in [-0.2, -0.15) is 0 Å². The topological polar surface area (TPSA) is 43.1 Å². The number of halogens is 1. The van der Waals surface area contributed by atoms with E-state index in [9.17, 15) is 10.1 Å². The maximum atomic E-state index is 11.5. The molecule has 0 heterocycles. The summed E-state index contributed by atoms with van der Waals surface area (Å²) in [6.45, 7) is 0. The SMILES string of the molecule is [2H]c1c([2H])c(Br)c(-c2cccc3ccccc23)c([N+](=O)[O-])c1[2H]. The fourth-order valence-electron chi connectivity index (χ4n) is 2.20. The number of nitro groups is 1. The summed E-state index contributed by atoms with van der Waals surface area (Å²) < 4.78 is 23.7. The molecule has 4 heteroatoms. The van der Waals surface area contributed by atoms with Crippen LogP contribution in [0.5, 0.6) is 0 Å². The Morgan fingerprint density at radius 2 is 1.85 bits per heavy atom. The van der Waals surface area contributed by atoms with Crippen LogP contribution in [0, 0.1) is 10.1 Å². The van der Waals surface area contributed by atoms with Crippen molar-refractivity contribution >= 4 is 32.4 Å². The molecule has 3 aromatic carbocycles. The highest BCUT2D eigenvalue weighted by Crippen LogP contribution is 2.39. The van der Waals surface area contributed by atoms with E-state index < -0.39 is 22.7 Å². The van der Waals surface area contributed by atoms with Gasteiger partial charge in [0.1, 0.15) is 0 Å². The maximum absolute atomic E-state index is 11.5. The van der Waals surface area contributed by atoms with Crippen molar-refractivity contribution in [3.8, 4) is 11.1 Å². The average molecular weight is 331 g/mol. The van der Waals surface area contributed by atoms with Crippen molar-refractivity contribution in [3.05, 3.63) is 75.2 Å². The van der Waals surface area contributed by atoms with Crippen LogP contribution in [0.25, 0.3) is 21.9 Å². The van der Waals surface area contributed by atoms with Crippen molar-refractivity contribution in [3.63, 3.8) is 0 Å². The summed E-state index contributed by atoms with van der Waals surface area (Å²) in [6.07, 6.45) is 0. The van der Waals surface area contributed by atoms with Gasteiger partial charge in [0.15, 0.2) is 0 Å². The Morgan fingerprint density at radius 1 is 1.10 bits per heavy atom. The Morgan fingerprint density at radius 3 is 2.65 bits per heavy atom. The van der Waals surface area contributed by atoms with Gasteiger partial charge in [-0.15, -0.1) is 0 Å². The van der Waals surface area contributed by atoms with Gasteiger partial charge in [-0.3, -0.25) is 10.1 Å². The van der Waals surface area contributed by atoms with Crippen LogP contribution in [0.2, 0.25) is 0 Å². The molecule has 0 saturated carbocycles. The van der Waals surface area contributed by atoms with Crippen LogP contribution in [0.1, 0.15) is 4.11 Å². The normalized spacial score (nSPS) is 12.8. The standard InChI is InChI=1S/C16H10BrNO2/c17-14-9-4-10-15(18(19)20)16(14)13-8-3-6-11-5-1-2-7-12(11)13/h1-10H/i4D,9D,10D. The average Bonchev–Trinajstić information content (AvgIpc) is 2.55. The molecule has 0 saturated heterocycles. The minimum Gasteiger partial charge on any atom is -0.258 e. The lowest BCUT2D eigenvalue weighted by molar-refractivity contribution is -0.384. The minimum absolute atomic E-state index is 0.154. The first-order chi connectivity index (χ1) is 10.9. The first-order valence-corrected chi connectivity index (χ1v) is 6.64. The monoisotopic (exact) mass is 330 g/mol. The molecule has 0 atom stereocenters. The van der Waals surface area contributed by atoms with Crippen molar-refractivity contribution in [2.24, 2.45) is 0 Å². The molecule has 98 valence electrons. The van der Waals surface area contributed by atoms with Crippen molar-refractivity contribution in [1.82, 2.24) is 0 Å². The lowest BCUT2D eigenvalue weighted by atomic mass is 9.97. The molecule has 3 aromatic rings. The zero-order valence-corrected chi connectivity index (χ0v) is 11.8. The molecule has 0 aliphatic rings. The van der Waals surface area contributed by atoms with Crippen LogP contribution in [0.3, 0.4) is 0 Å². The molecule has 0 bridgehead atoms. The predicted octanol–water partition coefficient (Wildman–Crippen LogP) is 5.18. The zero-order chi connectivity index (χ0) is 16.7. The van der Waals surface area contributed by atoms with Gasteiger partial charge in [0.05, 0.1) is 14.6 Å². The molecule has 0 aliphatic heterocycles. The molecule has 0 radical (unpaired) electrons. The van der Waals surface area contributed by atoms with E-state index >= 15 is 0 Å². The summed E-state index contributed by atoms with van der Waals surface area (Å²) in [5.74, 6) is 0. The highest BCUT2D eigenvalue weighted by atomic mass is 79.9. The Balaban J connectivity index is 2.51. The van der Waals surface area contributed by atoms with Gasteiger partial charge in [-0.1, -0.05) is 48.5 Å². The largest absolute Gasteiger partial charge is 0.278 e. The summed E-state index contributed by atoms with van der Waals surface area (Å²) in [5.41, 5.74) is 0.260. The summed E-state index contributed by atoms with van der Waals surface area (Å²) >= 11 is 3.21. The van der Waals surface area contributed by atoms with Gasteiger partial charge in [-0.05, 0) is 38.3 Å². The number of benzene rings is 3. The molecule has 3 rings (SSSR count). The number of hydrogen-bond acceptors (Lipinski definition) is 2. The third kappa shape index (κ3) is 2.08. The number of rotatable bonds is 2. The summed E-state index contributed by atoms with van der Waals surface area (Å²) in [6, 6.07) is 11.6. The first-order valence-electron chi connectivity index (χ1n) is 7.35. The molecule has 0 fully saturated rings. The molecular weight excluding hydrogens is 318 g/mol. The third-order valence-electron chi connectivity index (χ3n) is 3.05. The van der Waals surface area contributed by atoms with Crippen molar-refractivity contribution < 1.29 is 9.04 Å². The van der Waals surface area contributed by atoms with Gasteiger partial charge in [0.2, 0.25) is 0 Å². The Bertz CT molecular complexity index is 954. The Labute approximate surface area is 128 Å². The van der Waals surface area contributed by atoms with Gasteiger partial charge in [0.25, 0.3) is 5.69 Å². The van der Waals surface area contributed by atoms with Gasteiger partial charge < -0.3 is 0 Å². The molecule has 0 aromatic heterocycles. The van der Waals surface area contributed by atoms with Crippen LogP contribution in [-0.4, -0.2) is 4.92 Å². The molecule has 0 aliphatic carbocycles. The van der Waals surface area contributed by atoms with Crippen LogP contribution >= 0.6 is 15.9 Å². The minimum atomic E-state index is -0.665. The van der Waals surface area contributed by atoms with E-state index in [0.717, 1.165) is 10.8 Å². The van der Waals surface area contributed by atoms with Crippen LogP contribution in [-0.2, 0) is 0 Å². The lowest BCUT2D eigenvalue weighted by Crippen LogP contribution is -1.93. The van der Waals surface area contributed by atoms with Gasteiger partial charge >= 0.3 is 0 Å². The maximum Gasteiger partial charge on any atom is 0.278 e. The molecule has 20 heavy (non-hydrogen) atoms. The van der Waals surface area contributed by atoms with Crippen LogP contribution in [0.4, 0.5) is 5.69 Å². The van der Waals surface area contributed by atoms with Crippen molar-refractivity contribution in [2.45, 2.75) is 0 Å². The number of hydrogen-bond donors (Lipinski definition) is 0. The molecule has 3 nitrogen and oxygen atoms in total.